The Morgan fingerprint density at radius 3 is 2.52 bits per heavy atom. The van der Waals surface area contributed by atoms with Gasteiger partial charge in [-0.2, -0.15) is 0 Å². The Balaban J connectivity index is 1.50. The Hall–Kier alpha value is -2.00. The highest BCUT2D eigenvalue weighted by Crippen LogP contribution is 2.51. The SMILES string of the molecule is COc1ccc(CN(C(=O)C2CC2c2ccccc2Cl)C(C)C2CC2)cc1. The van der Waals surface area contributed by atoms with Crippen LogP contribution in [0.5, 0.6) is 5.75 Å². The molecule has 3 nitrogen and oxygen atoms in total. The van der Waals surface area contributed by atoms with Gasteiger partial charge in [0.2, 0.25) is 5.91 Å². The van der Waals surface area contributed by atoms with Crippen molar-refractivity contribution in [3.63, 3.8) is 0 Å². The molecule has 0 bridgehead atoms. The number of ether oxygens (including phenoxy) is 1. The molecule has 0 N–H and O–H groups in total. The van der Waals surface area contributed by atoms with Crippen molar-refractivity contribution in [1.82, 2.24) is 4.90 Å². The first-order valence-corrected chi connectivity index (χ1v) is 10.1. The lowest BCUT2D eigenvalue weighted by molar-refractivity contribution is -0.135. The molecule has 0 radical (unpaired) electrons. The van der Waals surface area contributed by atoms with Gasteiger partial charge in [-0.15, -0.1) is 0 Å². The zero-order valence-electron chi connectivity index (χ0n) is 15.9. The highest BCUT2D eigenvalue weighted by atomic mass is 35.5. The van der Waals surface area contributed by atoms with E-state index in [1.165, 1.54) is 12.8 Å². The number of hydrogen-bond donors (Lipinski definition) is 0. The first kappa shape index (κ1) is 18.4. The van der Waals surface area contributed by atoms with Gasteiger partial charge >= 0.3 is 0 Å². The Kier molecular flexibility index (Phi) is 5.14. The van der Waals surface area contributed by atoms with Gasteiger partial charge in [-0.05, 0) is 67.3 Å². The molecule has 0 aromatic heterocycles. The summed E-state index contributed by atoms with van der Waals surface area (Å²) in [6, 6.07) is 16.2. The molecule has 0 heterocycles. The molecule has 1 amide bonds. The molecule has 27 heavy (non-hydrogen) atoms. The van der Waals surface area contributed by atoms with Crippen LogP contribution in [-0.2, 0) is 11.3 Å². The van der Waals surface area contributed by atoms with Crippen molar-refractivity contribution in [2.24, 2.45) is 11.8 Å². The van der Waals surface area contributed by atoms with E-state index < -0.39 is 0 Å². The number of nitrogens with zero attached hydrogens (tertiary/aromatic N) is 1. The summed E-state index contributed by atoms with van der Waals surface area (Å²) < 4.78 is 5.25. The van der Waals surface area contributed by atoms with Crippen LogP contribution in [0.3, 0.4) is 0 Å². The van der Waals surface area contributed by atoms with Gasteiger partial charge in [0.05, 0.1) is 7.11 Å². The van der Waals surface area contributed by atoms with Crippen LogP contribution in [0.2, 0.25) is 5.02 Å². The fourth-order valence-electron chi connectivity index (χ4n) is 3.98. The summed E-state index contributed by atoms with van der Waals surface area (Å²) in [7, 11) is 1.67. The van der Waals surface area contributed by atoms with Crippen LogP contribution in [0.1, 0.15) is 43.2 Å². The summed E-state index contributed by atoms with van der Waals surface area (Å²) >= 11 is 6.35. The molecular weight excluding hydrogens is 358 g/mol. The first-order chi connectivity index (χ1) is 13.1. The number of halogens is 1. The number of carbonyl (C=O) groups is 1. The fourth-order valence-corrected chi connectivity index (χ4v) is 4.26. The zero-order chi connectivity index (χ0) is 19.0. The lowest BCUT2D eigenvalue weighted by Gasteiger charge is -2.30. The number of carbonyl (C=O) groups excluding carboxylic acids is 1. The van der Waals surface area contributed by atoms with E-state index in [1.54, 1.807) is 7.11 Å². The molecule has 3 atom stereocenters. The molecule has 0 saturated heterocycles. The summed E-state index contributed by atoms with van der Waals surface area (Å²) in [5, 5.41) is 0.773. The predicted octanol–water partition coefficient (Wildman–Crippen LogP) is 5.28. The Bertz CT molecular complexity index is 815. The monoisotopic (exact) mass is 383 g/mol. The molecule has 2 aromatic rings. The van der Waals surface area contributed by atoms with Gasteiger partial charge in [-0.25, -0.2) is 0 Å². The van der Waals surface area contributed by atoms with Crippen molar-refractivity contribution in [1.29, 1.82) is 0 Å². The molecule has 2 aromatic carbocycles. The molecule has 0 spiro atoms. The summed E-state index contributed by atoms with van der Waals surface area (Å²) in [6.07, 6.45) is 3.36. The lowest BCUT2D eigenvalue weighted by Crippen LogP contribution is -2.40. The summed E-state index contributed by atoms with van der Waals surface area (Å²) in [4.78, 5) is 15.5. The maximum atomic E-state index is 13.4. The molecule has 2 fully saturated rings. The predicted molar refractivity (Wildman–Crippen MR) is 108 cm³/mol. The minimum absolute atomic E-state index is 0.0596. The van der Waals surface area contributed by atoms with E-state index in [2.05, 4.69) is 30.0 Å². The maximum absolute atomic E-state index is 13.4. The Morgan fingerprint density at radius 2 is 1.89 bits per heavy atom. The van der Waals surface area contributed by atoms with E-state index in [9.17, 15) is 4.79 Å². The van der Waals surface area contributed by atoms with Gasteiger partial charge in [0.15, 0.2) is 0 Å². The maximum Gasteiger partial charge on any atom is 0.226 e. The van der Waals surface area contributed by atoms with Crippen molar-refractivity contribution in [2.45, 2.75) is 44.7 Å². The van der Waals surface area contributed by atoms with Gasteiger partial charge in [-0.1, -0.05) is 41.9 Å². The second-order valence-electron chi connectivity index (χ2n) is 7.86. The van der Waals surface area contributed by atoms with Crippen LogP contribution in [0.25, 0.3) is 0 Å². The van der Waals surface area contributed by atoms with E-state index >= 15 is 0 Å². The molecule has 2 aliphatic carbocycles. The molecule has 0 aliphatic heterocycles. The minimum atomic E-state index is 0.0596. The van der Waals surface area contributed by atoms with Crippen LogP contribution >= 0.6 is 11.6 Å². The third-order valence-corrected chi connectivity index (χ3v) is 6.35. The van der Waals surface area contributed by atoms with Crippen LogP contribution in [0.15, 0.2) is 48.5 Å². The molecule has 2 aliphatic rings. The molecular formula is C23H26ClNO2. The van der Waals surface area contributed by atoms with E-state index in [0.29, 0.717) is 12.5 Å². The van der Waals surface area contributed by atoms with Crippen molar-refractivity contribution < 1.29 is 9.53 Å². The van der Waals surface area contributed by atoms with Gasteiger partial charge in [0.25, 0.3) is 0 Å². The second kappa shape index (κ2) is 7.55. The number of methoxy groups -OCH3 is 1. The van der Waals surface area contributed by atoms with Gasteiger partial charge < -0.3 is 9.64 Å². The summed E-state index contributed by atoms with van der Waals surface area (Å²) in [5.41, 5.74) is 2.26. The topological polar surface area (TPSA) is 29.5 Å². The largest absolute Gasteiger partial charge is 0.497 e. The quantitative estimate of drug-likeness (QED) is 0.651. The number of amides is 1. The number of rotatable bonds is 7. The minimum Gasteiger partial charge on any atom is -0.497 e. The highest BCUT2D eigenvalue weighted by molar-refractivity contribution is 6.31. The molecule has 3 unspecified atom stereocenters. The summed E-state index contributed by atoms with van der Waals surface area (Å²) in [5.74, 6) is 2.08. The first-order valence-electron chi connectivity index (χ1n) is 9.76. The van der Waals surface area contributed by atoms with Gasteiger partial charge in [-0.3, -0.25) is 4.79 Å². The van der Waals surface area contributed by atoms with Crippen molar-refractivity contribution in [2.75, 3.05) is 7.11 Å². The second-order valence-corrected chi connectivity index (χ2v) is 8.27. The third-order valence-electron chi connectivity index (χ3n) is 6.00. The standard InChI is InChI=1S/C23H26ClNO2/c1-15(17-9-10-17)25(14-16-7-11-18(27-2)12-8-16)23(26)21-13-20(21)19-5-3-4-6-22(19)24/h3-8,11-12,15,17,20-21H,9-10,13-14H2,1-2H3. The summed E-state index contributed by atoms with van der Waals surface area (Å²) in [6.45, 7) is 2.86. The number of benzene rings is 2. The molecule has 4 heteroatoms. The van der Waals surface area contributed by atoms with Crippen molar-refractivity contribution >= 4 is 17.5 Å². The fraction of sp³-hybridized carbons (Fsp3) is 0.435. The van der Waals surface area contributed by atoms with E-state index in [-0.39, 0.29) is 23.8 Å². The third kappa shape index (κ3) is 3.98. The van der Waals surface area contributed by atoms with E-state index in [0.717, 1.165) is 28.3 Å². The normalized spacial score (nSPS) is 22.2. The average molecular weight is 384 g/mol. The highest BCUT2D eigenvalue weighted by Gasteiger charge is 2.48. The van der Waals surface area contributed by atoms with Crippen molar-refractivity contribution in [3.05, 3.63) is 64.7 Å². The van der Waals surface area contributed by atoms with Crippen LogP contribution in [-0.4, -0.2) is 24.0 Å². The van der Waals surface area contributed by atoms with Crippen molar-refractivity contribution in [3.8, 4) is 5.75 Å². The van der Waals surface area contributed by atoms with Crippen LogP contribution < -0.4 is 4.74 Å². The Labute approximate surface area is 166 Å². The van der Waals surface area contributed by atoms with E-state index in [4.69, 9.17) is 16.3 Å². The smallest absolute Gasteiger partial charge is 0.226 e. The lowest BCUT2D eigenvalue weighted by atomic mass is 10.1. The Morgan fingerprint density at radius 1 is 1.19 bits per heavy atom. The van der Waals surface area contributed by atoms with Crippen LogP contribution in [0, 0.1) is 11.8 Å². The van der Waals surface area contributed by atoms with Crippen LogP contribution in [0.4, 0.5) is 0 Å². The average Bonchev–Trinajstić information content (AvgIpc) is 3.59. The van der Waals surface area contributed by atoms with Gasteiger partial charge in [0, 0.05) is 23.5 Å². The molecule has 2 saturated carbocycles. The molecule has 4 rings (SSSR count). The number of hydrogen-bond acceptors (Lipinski definition) is 2. The zero-order valence-corrected chi connectivity index (χ0v) is 16.7. The van der Waals surface area contributed by atoms with Gasteiger partial charge in [0.1, 0.15) is 5.75 Å². The van der Waals surface area contributed by atoms with E-state index in [1.807, 2.05) is 30.3 Å². The molecule has 142 valence electrons.